The van der Waals surface area contributed by atoms with Crippen LogP contribution < -0.4 is 5.73 Å². The lowest BCUT2D eigenvalue weighted by atomic mass is 10.3. The van der Waals surface area contributed by atoms with Crippen molar-refractivity contribution in [3.8, 4) is 0 Å². The summed E-state index contributed by atoms with van der Waals surface area (Å²) >= 11 is 0. The number of hydrogen-bond acceptors (Lipinski definition) is 3. The molecule has 0 amide bonds. The summed E-state index contributed by atoms with van der Waals surface area (Å²) in [7, 11) is 1.63. The van der Waals surface area contributed by atoms with Crippen LogP contribution in [0.1, 0.15) is 5.69 Å². The van der Waals surface area contributed by atoms with Crippen molar-refractivity contribution in [3.63, 3.8) is 0 Å². The number of aliphatic imine (C=N–C) groups is 1. The van der Waals surface area contributed by atoms with Gasteiger partial charge in [-0.05, 0) is 12.1 Å². The summed E-state index contributed by atoms with van der Waals surface area (Å²) in [5, 5.41) is 0. The highest BCUT2D eigenvalue weighted by molar-refractivity contribution is 5.95. The maximum absolute atomic E-state index is 5.67. The zero-order valence-corrected chi connectivity index (χ0v) is 7.60. The minimum Gasteiger partial charge on any atom is -0.383 e. The Morgan fingerprint density at radius 3 is 3.08 bits per heavy atom. The smallest absolute Gasteiger partial charge is 0.144 e. The fraction of sp³-hybridized carbons (Fsp3) is 0.333. The molecule has 0 aromatic carbocycles. The van der Waals surface area contributed by atoms with Crippen LogP contribution in [0, 0.1) is 0 Å². The fourth-order valence-electron chi connectivity index (χ4n) is 0.853. The molecule has 0 bridgehead atoms. The highest BCUT2D eigenvalue weighted by Crippen LogP contribution is 1.92. The maximum Gasteiger partial charge on any atom is 0.144 e. The summed E-state index contributed by atoms with van der Waals surface area (Å²) in [5.74, 6) is 0.456. The molecule has 0 saturated heterocycles. The Hall–Kier alpha value is -1.42. The van der Waals surface area contributed by atoms with E-state index in [0.717, 1.165) is 0 Å². The third-order valence-electron chi connectivity index (χ3n) is 1.50. The van der Waals surface area contributed by atoms with E-state index in [1.807, 2.05) is 18.2 Å². The molecule has 0 atom stereocenters. The number of rotatable bonds is 4. The van der Waals surface area contributed by atoms with E-state index < -0.39 is 0 Å². The molecule has 4 nitrogen and oxygen atoms in total. The van der Waals surface area contributed by atoms with Gasteiger partial charge in [0.15, 0.2) is 0 Å². The Labute approximate surface area is 77.5 Å². The molecule has 1 rings (SSSR count). The maximum atomic E-state index is 5.67. The number of aromatic nitrogens is 1. The number of pyridine rings is 1. The van der Waals surface area contributed by atoms with E-state index in [1.165, 1.54) is 0 Å². The molecule has 1 aromatic heterocycles. The van der Waals surface area contributed by atoms with Crippen molar-refractivity contribution < 1.29 is 4.74 Å². The van der Waals surface area contributed by atoms with Gasteiger partial charge in [-0.1, -0.05) is 6.07 Å². The van der Waals surface area contributed by atoms with Gasteiger partial charge < -0.3 is 10.5 Å². The minimum atomic E-state index is 0.456. The van der Waals surface area contributed by atoms with E-state index in [-0.39, 0.29) is 0 Å². The van der Waals surface area contributed by atoms with Crippen molar-refractivity contribution in [1.82, 2.24) is 4.98 Å². The molecule has 0 aliphatic carbocycles. The number of ether oxygens (including phenoxy) is 1. The van der Waals surface area contributed by atoms with E-state index in [0.29, 0.717) is 24.7 Å². The first-order valence-corrected chi connectivity index (χ1v) is 4.05. The molecule has 2 N–H and O–H groups in total. The first-order valence-electron chi connectivity index (χ1n) is 4.05. The number of hydrogen-bond donors (Lipinski definition) is 1. The van der Waals surface area contributed by atoms with Crippen LogP contribution in [0.2, 0.25) is 0 Å². The zero-order chi connectivity index (χ0) is 9.52. The molecule has 0 saturated carbocycles. The van der Waals surface area contributed by atoms with Gasteiger partial charge in [0, 0.05) is 13.3 Å². The number of nitrogens with zero attached hydrogens (tertiary/aromatic N) is 2. The molecule has 0 radical (unpaired) electrons. The second kappa shape index (κ2) is 5.27. The van der Waals surface area contributed by atoms with E-state index in [9.17, 15) is 0 Å². The van der Waals surface area contributed by atoms with E-state index in [4.69, 9.17) is 10.5 Å². The number of amidine groups is 1. The van der Waals surface area contributed by atoms with Crippen LogP contribution in [0.3, 0.4) is 0 Å². The third kappa shape index (κ3) is 3.21. The molecule has 0 aliphatic heterocycles. The molecule has 70 valence electrons. The first-order chi connectivity index (χ1) is 6.34. The highest BCUT2D eigenvalue weighted by Gasteiger charge is 1.96. The van der Waals surface area contributed by atoms with Crippen molar-refractivity contribution in [2.24, 2.45) is 10.7 Å². The first kappa shape index (κ1) is 9.67. The summed E-state index contributed by atoms with van der Waals surface area (Å²) in [6.45, 7) is 1.15. The highest BCUT2D eigenvalue weighted by atomic mass is 16.5. The average Bonchev–Trinajstić information content (AvgIpc) is 2.19. The average molecular weight is 179 g/mol. The summed E-state index contributed by atoms with van der Waals surface area (Å²) in [5.41, 5.74) is 6.37. The normalized spacial score (nSPS) is 11.6. The summed E-state index contributed by atoms with van der Waals surface area (Å²) in [4.78, 5) is 8.15. The van der Waals surface area contributed by atoms with Crippen LogP contribution >= 0.6 is 0 Å². The predicted molar refractivity (Wildman–Crippen MR) is 51.7 cm³/mol. The largest absolute Gasteiger partial charge is 0.383 e. The van der Waals surface area contributed by atoms with Crippen LogP contribution in [0.5, 0.6) is 0 Å². The summed E-state index contributed by atoms with van der Waals surface area (Å²) in [6, 6.07) is 5.54. The standard InChI is InChI=1S/C9H13N3O/c1-13-7-6-12-9(10)8-4-2-3-5-11-8/h2-5H,6-7H2,1H3,(H2,10,12). The molecule has 13 heavy (non-hydrogen) atoms. The van der Waals surface area contributed by atoms with Gasteiger partial charge in [-0.15, -0.1) is 0 Å². The van der Waals surface area contributed by atoms with Crippen LogP contribution in [0.25, 0.3) is 0 Å². The Balaban J connectivity index is 2.57. The topological polar surface area (TPSA) is 60.5 Å². The molecule has 4 heteroatoms. The van der Waals surface area contributed by atoms with Gasteiger partial charge in [-0.25, -0.2) is 0 Å². The Bertz CT molecular complexity index is 271. The molecule has 1 aromatic rings. The molecule has 0 aliphatic rings. The van der Waals surface area contributed by atoms with Crippen molar-refractivity contribution in [1.29, 1.82) is 0 Å². The lowest BCUT2D eigenvalue weighted by Gasteiger charge is -1.98. The molecule has 1 heterocycles. The lowest BCUT2D eigenvalue weighted by molar-refractivity contribution is 0.208. The Kier molecular flexibility index (Phi) is 3.92. The molecular formula is C9H13N3O. The molecular weight excluding hydrogens is 166 g/mol. The van der Waals surface area contributed by atoms with E-state index in [2.05, 4.69) is 9.98 Å². The zero-order valence-electron chi connectivity index (χ0n) is 7.60. The van der Waals surface area contributed by atoms with Gasteiger partial charge in [0.05, 0.1) is 13.2 Å². The summed E-state index contributed by atoms with van der Waals surface area (Å²) < 4.78 is 4.85. The van der Waals surface area contributed by atoms with Crippen LogP contribution in [0.15, 0.2) is 29.4 Å². The van der Waals surface area contributed by atoms with Gasteiger partial charge in [-0.3, -0.25) is 9.98 Å². The second-order valence-corrected chi connectivity index (χ2v) is 2.47. The van der Waals surface area contributed by atoms with Crippen LogP contribution in [-0.4, -0.2) is 31.1 Å². The van der Waals surface area contributed by atoms with Gasteiger partial charge in [0.25, 0.3) is 0 Å². The number of nitrogens with two attached hydrogens (primary N) is 1. The number of methoxy groups -OCH3 is 1. The van der Waals surface area contributed by atoms with Gasteiger partial charge >= 0.3 is 0 Å². The van der Waals surface area contributed by atoms with Gasteiger partial charge in [-0.2, -0.15) is 0 Å². The minimum absolute atomic E-state index is 0.456. The SMILES string of the molecule is COCCN=C(N)c1ccccn1. The molecule has 0 unspecified atom stereocenters. The Morgan fingerprint density at radius 2 is 2.46 bits per heavy atom. The van der Waals surface area contributed by atoms with Crippen molar-refractivity contribution >= 4 is 5.84 Å². The lowest BCUT2D eigenvalue weighted by Crippen LogP contribution is -2.16. The predicted octanol–water partition coefficient (Wildman–Crippen LogP) is 0.433. The Morgan fingerprint density at radius 1 is 1.62 bits per heavy atom. The van der Waals surface area contributed by atoms with Crippen molar-refractivity contribution in [2.75, 3.05) is 20.3 Å². The fourth-order valence-corrected chi connectivity index (χ4v) is 0.853. The summed E-state index contributed by atoms with van der Waals surface area (Å²) in [6.07, 6.45) is 1.69. The van der Waals surface area contributed by atoms with E-state index in [1.54, 1.807) is 13.3 Å². The van der Waals surface area contributed by atoms with Crippen molar-refractivity contribution in [3.05, 3.63) is 30.1 Å². The second-order valence-electron chi connectivity index (χ2n) is 2.47. The molecule has 0 spiro atoms. The van der Waals surface area contributed by atoms with Crippen molar-refractivity contribution in [2.45, 2.75) is 0 Å². The van der Waals surface area contributed by atoms with Gasteiger partial charge in [0.1, 0.15) is 11.5 Å². The van der Waals surface area contributed by atoms with Gasteiger partial charge in [0.2, 0.25) is 0 Å². The van der Waals surface area contributed by atoms with Crippen LogP contribution in [-0.2, 0) is 4.74 Å². The van der Waals surface area contributed by atoms with Crippen LogP contribution in [0.4, 0.5) is 0 Å². The quantitative estimate of drug-likeness (QED) is 0.414. The monoisotopic (exact) mass is 179 g/mol. The van der Waals surface area contributed by atoms with E-state index >= 15 is 0 Å². The molecule has 0 fully saturated rings. The third-order valence-corrected chi connectivity index (χ3v) is 1.50.